The van der Waals surface area contributed by atoms with Crippen molar-refractivity contribution in [2.75, 3.05) is 17.1 Å². The summed E-state index contributed by atoms with van der Waals surface area (Å²) in [5.41, 5.74) is 1.10. The van der Waals surface area contributed by atoms with Gasteiger partial charge in [-0.25, -0.2) is 18.4 Å². The van der Waals surface area contributed by atoms with Crippen molar-refractivity contribution >= 4 is 27.3 Å². The third-order valence-corrected chi connectivity index (χ3v) is 6.19. The normalized spacial score (nSPS) is 11.0. The van der Waals surface area contributed by atoms with Gasteiger partial charge in [-0.15, -0.1) is 0 Å². The smallest absolute Gasteiger partial charge is 0.262 e. The summed E-state index contributed by atoms with van der Waals surface area (Å²) in [6.45, 7) is 0. The van der Waals surface area contributed by atoms with Crippen LogP contribution in [0.2, 0.25) is 0 Å². The monoisotopic (exact) mass is 476 g/mol. The van der Waals surface area contributed by atoms with Crippen molar-refractivity contribution in [3.8, 4) is 22.9 Å². The first-order chi connectivity index (χ1) is 16.4. The van der Waals surface area contributed by atoms with E-state index in [4.69, 9.17) is 4.74 Å². The van der Waals surface area contributed by atoms with Crippen LogP contribution in [0.4, 0.5) is 11.4 Å². The van der Waals surface area contributed by atoms with Crippen molar-refractivity contribution in [3.63, 3.8) is 0 Å². The second-order valence-corrected chi connectivity index (χ2v) is 8.78. The molecule has 0 spiro atoms. The average Bonchev–Trinajstić information content (AvgIpc) is 2.86. The van der Waals surface area contributed by atoms with Gasteiger partial charge in [0, 0.05) is 18.0 Å². The number of sulfonamides is 1. The Morgan fingerprint density at radius 3 is 2.29 bits per heavy atom. The quantitative estimate of drug-likeness (QED) is 0.345. The number of carbonyl (C=O) groups is 1. The van der Waals surface area contributed by atoms with E-state index < -0.39 is 15.9 Å². The standard InChI is InChI=1S/C24H20N4O5S/c1-33-22-10-6-5-9-19(22)28-34(31,32)18-11-12-21(29)20(13-18)27-24(30)17-14-25-23(26-15-17)16-7-3-2-4-8-16/h2-15,28-29H,1H3,(H,27,30). The SMILES string of the molecule is COc1ccccc1NS(=O)(=O)c1ccc(O)c(NC(=O)c2cnc(-c3ccccc3)nc2)c1. The van der Waals surface area contributed by atoms with Gasteiger partial charge in [0.25, 0.3) is 15.9 Å². The number of rotatable bonds is 7. The lowest BCUT2D eigenvalue weighted by Crippen LogP contribution is -2.16. The highest BCUT2D eigenvalue weighted by molar-refractivity contribution is 7.92. The van der Waals surface area contributed by atoms with Crippen molar-refractivity contribution in [1.82, 2.24) is 9.97 Å². The first-order valence-corrected chi connectivity index (χ1v) is 11.5. The minimum absolute atomic E-state index is 0.0833. The number of aromatic nitrogens is 2. The number of ether oxygens (including phenoxy) is 1. The first kappa shape index (κ1) is 22.7. The summed E-state index contributed by atoms with van der Waals surface area (Å²) in [6.07, 6.45) is 2.71. The Morgan fingerprint density at radius 2 is 1.59 bits per heavy atom. The van der Waals surface area contributed by atoms with Crippen LogP contribution in [-0.4, -0.2) is 36.5 Å². The summed E-state index contributed by atoms with van der Waals surface area (Å²) in [7, 11) is -2.61. The minimum atomic E-state index is -4.04. The predicted molar refractivity (Wildman–Crippen MR) is 127 cm³/mol. The minimum Gasteiger partial charge on any atom is -0.506 e. The molecule has 1 aromatic heterocycles. The molecular weight excluding hydrogens is 456 g/mol. The Kier molecular flexibility index (Phi) is 6.42. The van der Waals surface area contributed by atoms with E-state index in [1.807, 2.05) is 30.3 Å². The van der Waals surface area contributed by atoms with Crippen LogP contribution in [0.1, 0.15) is 10.4 Å². The molecule has 3 N–H and O–H groups in total. The zero-order chi connectivity index (χ0) is 24.1. The van der Waals surface area contributed by atoms with Gasteiger partial charge < -0.3 is 15.2 Å². The Hall–Kier alpha value is -4.44. The summed E-state index contributed by atoms with van der Waals surface area (Å²) in [5, 5.41) is 12.7. The van der Waals surface area contributed by atoms with Crippen molar-refractivity contribution in [2.24, 2.45) is 0 Å². The second-order valence-electron chi connectivity index (χ2n) is 7.10. The molecule has 0 aliphatic carbocycles. The molecule has 1 heterocycles. The summed E-state index contributed by atoms with van der Waals surface area (Å²) < 4.78 is 33.4. The molecule has 4 aromatic rings. The highest BCUT2D eigenvalue weighted by atomic mass is 32.2. The lowest BCUT2D eigenvalue weighted by Gasteiger charge is -2.13. The molecule has 172 valence electrons. The number of nitrogens with zero attached hydrogens (tertiary/aromatic N) is 2. The van der Waals surface area contributed by atoms with Crippen LogP contribution >= 0.6 is 0 Å². The first-order valence-electron chi connectivity index (χ1n) is 10.0. The fourth-order valence-corrected chi connectivity index (χ4v) is 4.19. The van der Waals surface area contributed by atoms with Gasteiger partial charge in [0.2, 0.25) is 0 Å². The van der Waals surface area contributed by atoms with E-state index in [0.717, 1.165) is 11.6 Å². The molecule has 34 heavy (non-hydrogen) atoms. The number of anilines is 2. The maximum Gasteiger partial charge on any atom is 0.262 e. The summed E-state index contributed by atoms with van der Waals surface area (Å²) >= 11 is 0. The predicted octanol–water partition coefficient (Wildman–Crippen LogP) is 3.91. The third-order valence-electron chi connectivity index (χ3n) is 4.82. The number of phenolic OH excluding ortho intramolecular Hbond substituents is 1. The number of hydrogen-bond acceptors (Lipinski definition) is 7. The van der Waals surface area contributed by atoms with Crippen molar-refractivity contribution in [1.29, 1.82) is 0 Å². The van der Waals surface area contributed by atoms with E-state index in [1.54, 1.807) is 24.3 Å². The number of phenols is 1. The average molecular weight is 477 g/mol. The van der Waals surface area contributed by atoms with E-state index in [-0.39, 0.29) is 27.6 Å². The van der Waals surface area contributed by atoms with Gasteiger partial charge in [0.05, 0.1) is 28.9 Å². The Bertz CT molecular complexity index is 1430. The molecule has 3 aromatic carbocycles. The van der Waals surface area contributed by atoms with Crippen LogP contribution in [0, 0.1) is 0 Å². The van der Waals surface area contributed by atoms with Crippen LogP contribution in [0.15, 0.2) is 90.1 Å². The largest absolute Gasteiger partial charge is 0.506 e. The number of hydrogen-bond donors (Lipinski definition) is 3. The zero-order valence-electron chi connectivity index (χ0n) is 18.0. The van der Waals surface area contributed by atoms with E-state index in [9.17, 15) is 18.3 Å². The molecule has 0 fully saturated rings. The van der Waals surface area contributed by atoms with Crippen LogP contribution in [0.25, 0.3) is 11.4 Å². The topological polar surface area (TPSA) is 131 Å². The number of para-hydroxylation sites is 2. The van der Waals surface area contributed by atoms with Gasteiger partial charge in [-0.3, -0.25) is 9.52 Å². The fourth-order valence-electron chi connectivity index (χ4n) is 3.09. The van der Waals surface area contributed by atoms with Crippen LogP contribution in [-0.2, 0) is 10.0 Å². The van der Waals surface area contributed by atoms with E-state index >= 15 is 0 Å². The maximum atomic E-state index is 12.9. The molecule has 0 aliphatic rings. The van der Waals surface area contributed by atoms with Crippen molar-refractivity contribution in [3.05, 3.63) is 90.8 Å². The number of carbonyl (C=O) groups excluding carboxylic acids is 1. The Morgan fingerprint density at radius 1 is 0.912 bits per heavy atom. The van der Waals surface area contributed by atoms with E-state index in [1.165, 1.54) is 31.6 Å². The lowest BCUT2D eigenvalue weighted by atomic mass is 10.2. The summed E-state index contributed by atoms with van der Waals surface area (Å²) in [4.78, 5) is 20.9. The summed E-state index contributed by atoms with van der Waals surface area (Å²) in [5.74, 6) is -0.110. The number of aromatic hydroxyl groups is 1. The third kappa shape index (κ3) is 4.97. The number of methoxy groups -OCH3 is 1. The molecule has 0 saturated carbocycles. The van der Waals surface area contributed by atoms with Crippen LogP contribution in [0.5, 0.6) is 11.5 Å². The van der Waals surface area contributed by atoms with Gasteiger partial charge in [0.1, 0.15) is 11.5 Å². The highest BCUT2D eigenvalue weighted by Gasteiger charge is 2.19. The molecule has 0 saturated heterocycles. The molecule has 0 atom stereocenters. The fraction of sp³-hybridized carbons (Fsp3) is 0.0417. The van der Waals surface area contributed by atoms with Crippen molar-refractivity contribution < 1.29 is 23.1 Å². The molecule has 4 rings (SSSR count). The van der Waals surface area contributed by atoms with Gasteiger partial charge in [0.15, 0.2) is 5.82 Å². The number of nitrogens with one attached hydrogen (secondary N) is 2. The molecule has 0 unspecified atom stereocenters. The van der Waals surface area contributed by atoms with E-state index in [2.05, 4.69) is 20.0 Å². The van der Waals surface area contributed by atoms with Gasteiger partial charge in [-0.1, -0.05) is 42.5 Å². The molecule has 0 aliphatic heterocycles. The van der Waals surface area contributed by atoms with Gasteiger partial charge in [-0.05, 0) is 30.3 Å². The Labute approximate surface area is 196 Å². The maximum absolute atomic E-state index is 12.9. The van der Waals surface area contributed by atoms with Crippen LogP contribution in [0.3, 0.4) is 0 Å². The molecule has 1 amide bonds. The number of benzene rings is 3. The summed E-state index contributed by atoms with van der Waals surface area (Å²) in [6, 6.07) is 19.4. The lowest BCUT2D eigenvalue weighted by molar-refractivity contribution is 0.102. The van der Waals surface area contributed by atoms with Gasteiger partial charge >= 0.3 is 0 Å². The Balaban J connectivity index is 1.54. The van der Waals surface area contributed by atoms with Crippen molar-refractivity contribution in [2.45, 2.75) is 4.90 Å². The second kappa shape index (κ2) is 9.59. The number of amides is 1. The molecule has 9 nitrogen and oxygen atoms in total. The van der Waals surface area contributed by atoms with Crippen LogP contribution < -0.4 is 14.8 Å². The molecule has 10 heteroatoms. The zero-order valence-corrected chi connectivity index (χ0v) is 18.8. The molecular formula is C24H20N4O5S. The van der Waals surface area contributed by atoms with E-state index in [0.29, 0.717) is 11.6 Å². The molecule has 0 radical (unpaired) electrons. The van der Waals surface area contributed by atoms with Gasteiger partial charge in [-0.2, -0.15) is 0 Å². The highest BCUT2D eigenvalue weighted by Crippen LogP contribution is 2.30. The molecule has 0 bridgehead atoms.